The van der Waals surface area contributed by atoms with Gasteiger partial charge in [-0.1, -0.05) is 49.7 Å². The number of pyridine rings is 1. The van der Waals surface area contributed by atoms with Crippen LogP contribution in [0.2, 0.25) is 5.02 Å². The van der Waals surface area contributed by atoms with Crippen molar-refractivity contribution in [2.75, 3.05) is 22.9 Å². The number of aromatic nitrogens is 2. The highest BCUT2D eigenvalue weighted by molar-refractivity contribution is 7.80. The van der Waals surface area contributed by atoms with Crippen molar-refractivity contribution in [1.29, 1.82) is 0 Å². The maximum absolute atomic E-state index is 7.01. The van der Waals surface area contributed by atoms with E-state index in [9.17, 15) is 0 Å². The number of hydrogen-bond acceptors (Lipinski definition) is 3. The molecule has 2 saturated heterocycles. The van der Waals surface area contributed by atoms with Crippen LogP contribution in [0.1, 0.15) is 49.3 Å². The van der Waals surface area contributed by atoms with E-state index in [1.807, 2.05) is 18.3 Å². The van der Waals surface area contributed by atoms with Gasteiger partial charge in [0.15, 0.2) is 5.11 Å². The van der Waals surface area contributed by atoms with Crippen molar-refractivity contribution in [1.82, 2.24) is 14.9 Å². The van der Waals surface area contributed by atoms with E-state index in [0.29, 0.717) is 16.9 Å². The fourth-order valence-corrected chi connectivity index (χ4v) is 7.02. The monoisotopic (exact) mass is 555 g/mol. The molecule has 2 fully saturated rings. The molecule has 0 amide bonds. The molecule has 4 aromatic rings. The molecule has 39 heavy (non-hydrogen) atoms. The third-order valence-electron chi connectivity index (χ3n) is 7.98. The molecule has 6 rings (SSSR count). The summed E-state index contributed by atoms with van der Waals surface area (Å²) in [6.45, 7) is 8.85. The third-order valence-corrected chi connectivity index (χ3v) is 8.59. The predicted molar refractivity (Wildman–Crippen MR) is 165 cm³/mol. The molecule has 2 aliphatic rings. The Hall–Kier alpha value is -3.35. The number of benzene rings is 2. The molecule has 0 radical (unpaired) electrons. The molecule has 2 aliphatic heterocycles. The molecule has 1 N–H and O–H groups in total. The van der Waals surface area contributed by atoms with Crippen LogP contribution >= 0.6 is 23.8 Å². The molecule has 5 nitrogen and oxygen atoms in total. The molecule has 0 saturated carbocycles. The number of nitrogens with zero attached hydrogens (tertiary/aromatic N) is 4. The van der Waals surface area contributed by atoms with Gasteiger partial charge in [-0.2, -0.15) is 0 Å². The number of nitrogens with one attached hydrogen (secondary N) is 1. The minimum Gasteiger partial charge on any atom is -0.370 e. The minimum atomic E-state index is -0.126. The Kier molecular flexibility index (Phi) is 7.08. The number of hydrogen-bond donors (Lipinski definition) is 1. The van der Waals surface area contributed by atoms with Gasteiger partial charge < -0.3 is 19.7 Å². The Morgan fingerprint density at radius 3 is 2.41 bits per heavy atom. The molecule has 2 aromatic carbocycles. The molecular formula is C32H34ClN5S. The lowest BCUT2D eigenvalue weighted by atomic mass is 9.91. The van der Waals surface area contributed by atoms with E-state index in [2.05, 4.69) is 107 Å². The van der Waals surface area contributed by atoms with E-state index in [4.69, 9.17) is 28.8 Å². The summed E-state index contributed by atoms with van der Waals surface area (Å²) in [6, 6.07) is 24.9. The SMILES string of the molecule is Cc1ccccc1-n1cccc1[C@@H]1[C@H](c2ccccn2)NC(=S)N1c1ccc(N2C[C@@H](C)C[C@H](C)C2)c(Cl)c1. The zero-order valence-electron chi connectivity index (χ0n) is 22.6. The lowest BCUT2D eigenvalue weighted by Crippen LogP contribution is -2.38. The van der Waals surface area contributed by atoms with Gasteiger partial charge in [-0.05, 0) is 91.5 Å². The average Bonchev–Trinajstić information content (AvgIpc) is 3.53. The average molecular weight is 556 g/mol. The van der Waals surface area contributed by atoms with Crippen LogP contribution in [0, 0.1) is 18.8 Å². The fourth-order valence-electron chi connectivity index (χ4n) is 6.38. The number of piperidine rings is 1. The highest BCUT2D eigenvalue weighted by Crippen LogP contribution is 2.44. The summed E-state index contributed by atoms with van der Waals surface area (Å²) in [5, 5.41) is 5.01. The molecule has 0 unspecified atom stereocenters. The Balaban J connectivity index is 1.43. The summed E-state index contributed by atoms with van der Waals surface area (Å²) in [6.07, 6.45) is 5.23. The number of para-hydroxylation sites is 1. The summed E-state index contributed by atoms with van der Waals surface area (Å²) in [7, 11) is 0. The van der Waals surface area contributed by atoms with Crippen molar-refractivity contribution in [3.63, 3.8) is 0 Å². The summed E-state index contributed by atoms with van der Waals surface area (Å²) < 4.78 is 2.27. The van der Waals surface area contributed by atoms with Crippen LogP contribution < -0.4 is 15.1 Å². The van der Waals surface area contributed by atoms with Gasteiger partial charge in [-0.15, -0.1) is 0 Å². The number of halogens is 1. The normalized spacial score (nSPS) is 23.2. The van der Waals surface area contributed by atoms with Crippen LogP contribution in [0.4, 0.5) is 11.4 Å². The van der Waals surface area contributed by atoms with Gasteiger partial charge >= 0.3 is 0 Å². The molecule has 2 aromatic heterocycles. The second-order valence-electron chi connectivity index (χ2n) is 11.1. The van der Waals surface area contributed by atoms with E-state index in [1.54, 1.807) is 0 Å². The zero-order valence-corrected chi connectivity index (χ0v) is 24.2. The predicted octanol–water partition coefficient (Wildman–Crippen LogP) is 7.49. The number of thiocarbonyl (C=S) groups is 1. The van der Waals surface area contributed by atoms with Crippen molar-refractivity contribution in [2.45, 2.75) is 39.3 Å². The van der Waals surface area contributed by atoms with E-state index in [0.717, 1.165) is 46.6 Å². The third kappa shape index (κ3) is 4.92. The van der Waals surface area contributed by atoms with Crippen molar-refractivity contribution in [3.05, 3.63) is 107 Å². The first-order valence-electron chi connectivity index (χ1n) is 13.7. The molecule has 4 heterocycles. The second-order valence-corrected chi connectivity index (χ2v) is 11.9. The number of aryl methyl sites for hydroxylation is 1. The van der Waals surface area contributed by atoms with Crippen LogP contribution in [0.3, 0.4) is 0 Å². The number of rotatable bonds is 5. The van der Waals surface area contributed by atoms with Gasteiger partial charge in [0.05, 0.1) is 22.4 Å². The highest BCUT2D eigenvalue weighted by Gasteiger charge is 2.42. The topological polar surface area (TPSA) is 36.3 Å². The van der Waals surface area contributed by atoms with Crippen LogP contribution in [0.25, 0.3) is 5.69 Å². The van der Waals surface area contributed by atoms with Gasteiger partial charge in [0.25, 0.3) is 0 Å². The van der Waals surface area contributed by atoms with Crippen LogP contribution in [-0.4, -0.2) is 27.8 Å². The van der Waals surface area contributed by atoms with E-state index >= 15 is 0 Å². The lowest BCUT2D eigenvalue weighted by molar-refractivity contribution is 0.357. The van der Waals surface area contributed by atoms with Gasteiger partial charge in [-0.3, -0.25) is 4.98 Å². The summed E-state index contributed by atoms with van der Waals surface area (Å²) in [5.41, 5.74) is 6.51. The van der Waals surface area contributed by atoms with E-state index in [1.165, 1.54) is 12.0 Å². The van der Waals surface area contributed by atoms with E-state index < -0.39 is 0 Å². The van der Waals surface area contributed by atoms with E-state index in [-0.39, 0.29) is 12.1 Å². The van der Waals surface area contributed by atoms with Crippen molar-refractivity contribution < 1.29 is 0 Å². The van der Waals surface area contributed by atoms with Crippen LogP contribution in [-0.2, 0) is 0 Å². The smallest absolute Gasteiger partial charge is 0.174 e. The number of anilines is 2. The molecule has 0 spiro atoms. The highest BCUT2D eigenvalue weighted by atomic mass is 35.5. The maximum Gasteiger partial charge on any atom is 0.174 e. The first-order chi connectivity index (χ1) is 18.9. The largest absolute Gasteiger partial charge is 0.370 e. The minimum absolute atomic E-state index is 0.126. The first kappa shape index (κ1) is 25.9. The van der Waals surface area contributed by atoms with Crippen molar-refractivity contribution in [2.24, 2.45) is 11.8 Å². The second kappa shape index (κ2) is 10.7. The summed E-state index contributed by atoms with van der Waals surface area (Å²) in [4.78, 5) is 9.36. The fraction of sp³-hybridized carbons (Fsp3) is 0.312. The van der Waals surface area contributed by atoms with Crippen LogP contribution in [0.5, 0.6) is 0 Å². The van der Waals surface area contributed by atoms with Gasteiger partial charge in [-0.25, -0.2) is 0 Å². The quantitative estimate of drug-likeness (QED) is 0.258. The summed E-state index contributed by atoms with van der Waals surface area (Å²) >= 11 is 13.0. The van der Waals surface area contributed by atoms with Gasteiger partial charge in [0, 0.05) is 42.6 Å². The first-order valence-corrected chi connectivity index (χ1v) is 14.5. The Labute approximate surface area is 241 Å². The molecular weight excluding hydrogens is 522 g/mol. The van der Waals surface area contributed by atoms with Gasteiger partial charge in [0.2, 0.25) is 0 Å². The standard InChI is InChI=1S/C32H34ClN5S/c1-21-17-22(2)20-36(19-21)28-14-13-24(18-25(28)33)38-31(30(35-32(38)39)26-10-6-7-15-34-26)29-12-8-16-37(29)27-11-5-4-9-23(27)3/h4-16,18,21-22,30-31H,17,19-20H2,1-3H3,(H,35,39)/t21-,22-,30-,31+/m0/s1. The molecule has 200 valence electrons. The Morgan fingerprint density at radius 2 is 1.69 bits per heavy atom. The summed E-state index contributed by atoms with van der Waals surface area (Å²) in [5.74, 6) is 1.30. The Morgan fingerprint density at radius 1 is 0.923 bits per heavy atom. The van der Waals surface area contributed by atoms with Crippen molar-refractivity contribution in [3.8, 4) is 5.69 Å². The van der Waals surface area contributed by atoms with Crippen LogP contribution in [0.15, 0.2) is 85.2 Å². The Bertz CT molecular complexity index is 1470. The lowest BCUT2D eigenvalue weighted by Gasteiger charge is -2.37. The molecule has 4 atom stereocenters. The molecule has 7 heteroatoms. The van der Waals surface area contributed by atoms with Crippen molar-refractivity contribution >= 4 is 40.3 Å². The van der Waals surface area contributed by atoms with Gasteiger partial charge in [0.1, 0.15) is 6.04 Å². The zero-order chi connectivity index (χ0) is 27.1. The molecule has 0 aliphatic carbocycles. The molecule has 0 bridgehead atoms. The maximum atomic E-state index is 7.01.